The van der Waals surface area contributed by atoms with E-state index >= 15 is 0 Å². The molecule has 14 heavy (non-hydrogen) atoms. The second kappa shape index (κ2) is 7.36. The molecule has 1 unspecified atom stereocenters. The van der Waals surface area contributed by atoms with Gasteiger partial charge in [-0.25, -0.2) is 0 Å². The third-order valence-electron chi connectivity index (χ3n) is 1.99. The van der Waals surface area contributed by atoms with E-state index in [0.29, 0.717) is 13.0 Å². The molecule has 0 spiro atoms. The van der Waals surface area contributed by atoms with E-state index in [4.69, 9.17) is 4.74 Å². The van der Waals surface area contributed by atoms with Crippen LogP contribution in [0.2, 0.25) is 0 Å². The highest BCUT2D eigenvalue weighted by Gasteiger charge is 2.17. The monoisotopic (exact) mass is 196 g/mol. The lowest BCUT2D eigenvalue weighted by Crippen LogP contribution is -2.17. The van der Waals surface area contributed by atoms with Crippen molar-refractivity contribution in [2.45, 2.75) is 33.1 Å². The lowest BCUT2D eigenvalue weighted by Gasteiger charge is -2.13. The predicted molar refractivity (Wildman–Crippen MR) is 59.0 cm³/mol. The van der Waals surface area contributed by atoms with Gasteiger partial charge in [0.2, 0.25) is 0 Å². The van der Waals surface area contributed by atoms with Gasteiger partial charge in [0, 0.05) is 0 Å². The van der Waals surface area contributed by atoms with Crippen LogP contribution in [0.5, 0.6) is 0 Å². The van der Waals surface area contributed by atoms with Crippen LogP contribution in [0.1, 0.15) is 33.1 Å². The Hall–Kier alpha value is -1.05. The van der Waals surface area contributed by atoms with Gasteiger partial charge in [-0.05, 0) is 33.1 Å². The summed E-state index contributed by atoms with van der Waals surface area (Å²) < 4.78 is 4.97. The first-order valence-corrected chi connectivity index (χ1v) is 5.03. The Bertz CT molecular complexity index is 206. The molecule has 0 amide bonds. The summed E-state index contributed by atoms with van der Waals surface area (Å²) in [4.78, 5) is 11.4. The summed E-state index contributed by atoms with van der Waals surface area (Å²) >= 11 is 0. The summed E-state index contributed by atoms with van der Waals surface area (Å²) in [6.45, 7) is 11.7. The molecule has 2 heteroatoms. The molecule has 0 aromatic heterocycles. The van der Waals surface area contributed by atoms with Crippen molar-refractivity contribution >= 4 is 5.97 Å². The van der Waals surface area contributed by atoms with E-state index in [1.165, 1.54) is 0 Å². The molecule has 0 radical (unpaired) electrons. The van der Waals surface area contributed by atoms with Crippen molar-refractivity contribution < 1.29 is 9.53 Å². The summed E-state index contributed by atoms with van der Waals surface area (Å²) in [7, 11) is 0. The largest absolute Gasteiger partial charge is 0.466 e. The minimum atomic E-state index is -0.117. The Morgan fingerprint density at radius 1 is 1.57 bits per heavy atom. The maximum absolute atomic E-state index is 11.4. The molecule has 1 atom stereocenters. The second-order valence-corrected chi connectivity index (χ2v) is 3.47. The lowest BCUT2D eigenvalue weighted by molar-refractivity contribution is -0.148. The lowest BCUT2D eigenvalue weighted by atomic mass is 9.97. The Morgan fingerprint density at radius 3 is 2.64 bits per heavy atom. The smallest absolute Gasteiger partial charge is 0.309 e. The molecule has 0 saturated carbocycles. The first-order chi connectivity index (χ1) is 6.61. The van der Waals surface area contributed by atoms with Crippen LogP contribution in [-0.2, 0) is 9.53 Å². The molecule has 0 saturated heterocycles. The third kappa shape index (κ3) is 5.57. The van der Waals surface area contributed by atoms with Crippen LogP contribution < -0.4 is 0 Å². The minimum Gasteiger partial charge on any atom is -0.466 e. The minimum absolute atomic E-state index is 0.0517. The molecule has 0 aliphatic carbocycles. The van der Waals surface area contributed by atoms with Crippen molar-refractivity contribution in [3.05, 3.63) is 24.8 Å². The van der Waals surface area contributed by atoms with Crippen LogP contribution in [0.15, 0.2) is 24.8 Å². The molecule has 2 nitrogen and oxygen atoms in total. The van der Waals surface area contributed by atoms with Crippen LogP contribution in [0.4, 0.5) is 0 Å². The topological polar surface area (TPSA) is 26.3 Å². The van der Waals surface area contributed by atoms with Gasteiger partial charge in [-0.3, -0.25) is 4.79 Å². The number of rotatable bonds is 7. The van der Waals surface area contributed by atoms with E-state index in [2.05, 4.69) is 13.2 Å². The number of carbonyl (C=O) groups excluding carboxylic acids is 1. The van der Waals surface area contributed by atoms with Crippen LogP contribution in [0.25, 0.3) is 0 Å². The summed E-state index contributed by atoms with van der Waals surface area (Å²) in [5, 5.41) is 0. The first-order valence-electron chi connectivity index (χ1n) is 5.03. The van der Waals surface area contributed by atoms with E-state index in [1.807, 2.05) is 13.8 Å². The molecule has 0 bridgehead atoms. The molecular weight excluding hydrogens is 176 g/mol. The molecule has 80 valence electrons. The highest BCUT2D eigenvalue weighted by molar-refractivity contribution is 5.72. The zero-order valence-electron chi connectivity index (χ0n) is 9.21. The maximum Gasteiger partial charge on any atom is 0.309 e. The molecule has 0 aliphatic rings. The van der Waals surface area contributed by atoms with Crippen LogP contribution in [-0.4, -0.2) is 12.6 Å². The van der Waals surface area contributed by atoms with Crippen molar-refractivity contribution in [2.75, 3.05) is 6.61 Å². The van der Waals surface area contributed by atoms with Gasteiger partial charge in [0.05, 0.1) is 12.5 Å². The van der Waals surface area contributed by atoms with Crippen molar-refractivity contribution in [1.29, 1.82) is 0 Å². The zero-order chi connectivity index (χ0) is 11.0. The fraction of sp³-hybridized carbons (Fsp3) is 0.583. The molecular formula is C12H20O2. The summed E-state index contributed by atoms with van der Waals surface area (Å²) in [5.74, 6) is -0.169. The van der Waals surface area contributed by atoms with Gasteiger partial charge in [-0.2, -0.15) is 0 Å². The predicted octanol–water partition coefficient (Wildman–Crippen LogP) is 3.10. The average molecular weight is 196 g/mol. The third-order valence-corrected chi connectivity index (χ3v) is 1.99. The van der Waals surface area contributed by atoms with E-state index in [1.54, 1.807) is 6.08 Å². The normalized spacial score (nSPS) is 11.9. The number of ether oxygens (including phenoxy) is 1. The van der Waals surface area contributed by atoms with Gasteiger partial charge >= 0.3 is 5.97 Å². The van der Waals surface area contributed by atoms with Gasteiger partial charge in [0.25, 0.3) is 0 Å². The van der Waals surface area contributed by atoms with Crippen molar-refractivity contribution in [3.63, 3.8) is 0 Å². The van der Waals surface area contributed by atoms with Gasteiger partial charge < -0.3 is 4.74 Å². The molecule has 0 N–H and O–H groups in total. The SMILES string of the molecule is C=CCC(CCC(=C)C)C(=O)OCC. The number of carbonyl (C=O) groups is 1. The fourth-order valence-corrected chi connectivity index (χ4v) is 1.21. The van der Waals surface area contributed by atoms with Crippen LogP contribution in [0, 0.1) is 5.92 Å². The number of esters is 1. The first kappa shape index (κ1) is 12.9. The summed E-state index contributed by atoms with van der Waals surface area (Å²) in [6.07, 6.45) is 4.13. The molecule has 0 rings (SSSR count). The number of hydrogen-bond donors (Lipinski definition) is 0. The Morgan fingerprint density at radius 2 is 2.21 bits per heavy atom. The van der Waals surface area contributed by atoms with Crippen molar-refractivity contribution in [2.24, 2.45) is 5.92 Å². The van der Waals surface area contributed by atoms with E-state index in [9.17, 15) is 4.79 Å². The molecule has 0 aromatic rings. The van der Waals surface area contributed by atoms with Gasteiger partial charge in [-0.1, -0.05) is 11.6 Å². The van der Waals surface area contributed by atoms with Crippen molar-refractivity contribution in [1.82, 2.24) is 0 Å². The van der Waals surface area contributed by atoms with Gasteiger partial charge in [-0.15, -0.1) is 13.2 Å². The van der Waals surface area contributed by atoms with Crippen LogP contribution >= 0.6 is 0 Å². The average Bonchev–Trinajstić information content (AvgIpc) is 2.12. The van der Waals surface area contributed by atoms with Gasteiger partial charge in [0.15, 0.2) is 0 Å². The maximum atomic E-state index is 11.4. The highest BCUT2D eigenvalue weighted by Crippen LogP contribution is 2.16. The zero-order valence-corrected chi connectivity index (χ0v) is 9.21. The van der Waals surface area contributed by atoms with Crippen molar-refractivity contribution in [3.8, 4) is 0 Å². The molecule has 0 fully saturated rings. The van der Waals surface area contributed by atoms with E-state index in [0.717, 1.165) is 18.4 Å². The number of allylic oxidation sites excluding steroid dienone is 2. The Labute approximate surface area is 86.6 Å². The Kier molecular flexibility index (Phi) is 6.81. The van der Waals surface area contributed by atoms with E-state index in [-0.39, 0.29) is 11.9 Å². The quantitative estimate of drug-likeness (QED) is 0.462. The highest BCUT2D eigenvalue weighted by atomic mass is 16.5. The standard InChI is InChI=1S/C12H20O2/c1-5-7-11(9-8-10(3)4)12(13)14-6-2/h5,11H,1,3,6-9H2,2,4H3. The fourth-order valence-electron chi connectivity index (χ4n) is 1.21. The molecule has 0 aromatic carbocycles. The molecule has 0 heterocycles. The summed E-state index contributed by atoms with van der Waals surface area (Å²) in [6, 6.07) is 0. The van der Waals surface area contributed by atoms with E-state index < -0.39 is 0 Å². The Balaban J connectivity index is 4.05. The van der Waals surface area contributed by atoms with Gasteiger partial charge in [0.1, 0.15) is 0 Å². The summed E-state index contributed by atoms with van der Waals surface area (Å²) in [5.41, 5.74) is 1.10. The number of hydrogen-bond acceptors (Lipinski definition) is 2. The van der Waals surface area contributed by atoms with Crippen LogP contribution in [0.3, 0.4) is 0 Å². The molecule has 0 aliphatic heterocycles. The second-order valence-electron chi connectivity index (χ2n) is 3.47.